The molecular formula is C7H11N3O2. The maximum atomic E-state index is 11.1. The van der Waals surface area contributed by atoms with Gasteiger partial charge in [-0.25, -0.2) is 0 Å². The first-order valence-electron chi connectivity index (χ1n) is 3.69. The van der Waals surface area contributed by atoms with Gasteiger partial charge in [0.25, 0.3) is 0 Å². The zero-order valence-corrected chi connectivity index (χ0v) is 6.62. The van der Waals surface area contributed by atoms with E-state index in [-0.39, 0.29) is 0 Å². The number of amides is 2. The van der Waals surface area contributed by atoms with Gasteiger partial charge in [-0.05, 0) is 12.3 Å². The fraction of sp³-hybridized carbons (Fsp3) is 0.429. The summed E-state index contributed by atoms with van der Waals surface area (Å²) < 4.78 is 0. The Bertz CT molecular complexity index is 225. The Balaban J connectivity index is 2.52. The minimum Gasteiger partial charge on any atom is -0.405 e. The third kappa shape index (κ3) is 1.75. The summed E-state index contributed by atoms with van der Waals surface area (Å²) in [6, 6.07) is 0. The second-order valence-electron chi connectivity index (χ2n) is 2.44. The minimum atomic E-state index is -0.535. The van der Waals surface area contributed by atoms with E-state index in [1.807, 2.05) is 0 Å². The van der Waals surface area contributed by atoms with E-state index >= 15 is 0 Å². The van der Waals surface area contributed by atoms with Crippen molar-refractivity contribution in [2.45, 2.75) is 0 Å². The largest absolute Gasteiger partial charge is 0.405 e. The molecule has 5 nitrogen and oxygen atoms in total. The first-order valence-corrected chi connectivity index (χ1v) is 3.69. The molecule has 1 heterocycles. The van der Waals surface area contributed by atoms with Crippen molar-refractivity contribution in [2.75, 3.05) is 19.6 Å². The Kier molecular flexibility index (Phi) is 2.68. The standard InChI is InChI=1S/C7H11N3O2/c8-2-1-4-10-5-3-9-6(11)7(10)12/h1-2H,3-5,8H2,(H,9,11). The van der Waals surface area contributed by atoms with Gasteiger partial charge in [0.2, 0.25) is 0 Å². The SMILES string of the molecule is NC=CCN1CCNC(=O)C1=O. The third-order valence-electron chi connectivity index (χ3n) is 1.61. The molecule has 0 spiro atoms. The van der Waals surface area contributed by atoms with Crippen LogP contribution in [0.25, 0.3) is 0 Å². The molecule has 0 aliphatic carbocycles. The van der Waals surface area contributed by atoms with Crippen LogP contribution in [0.5, 0.6) is 0 Å². The van der Waals surface area contributed by atoms with Crippen LogP contribution in [0, 0.1) is 0 Å². The van der Waals surface area contributed by atoms with E-state index in [9.17, 15) is 9.59 Å². The van der Waals surface area contributed by atoms with Gasteiger partial charge >= 0.3 is 11.8 Å². The first-order chi connectivity index (χ1) is 5.75. The van der Waals surface area contributed by atoms with E-state index in [1.165, 1.54) is 11.1 Å². The van der Waals surface area contributed by atoms with Crippen LogP contribution in [0.2, 0.25) is 0 Å². The van der Waals surface area contributed by atoms with Gasteiger partial charge in [0.05, 0.1) is 0 Å². The van der Waals surface area contributed by atoms with Crippen LogP contribution >= 0.6 is 0 Å². The molecule has 0 unspecified atom stereocenters. The summed E-state index contributed by atoms with van der Waals surface area (Å²) in [6.45, 7) is 1.47. The molecule has 66 valence electrons. The lowest BCUT2D eigenvalue weighted by Gasteiger charge is -2.24. The van der Waals surface area contributed by atoms with Crippen LogP contribution in [0.4, 0.5) is 0 Å². The number of nitrogens with two attached hydrogens (primary N) is 1. The maximum absolute atomic E-state index is 11.1. The molecule has 5 heteroatoms. The quantitative estimate of drug-likeness (QED) is 0.490. The van der Waals surface area contributed by atoms with Crippen LogP contribution in [0.3, 0.4) is 0 Å². The third-order valence-corrected chi connectivity index (χ3v) is 1.61. The molecule has 0 aromatic carbocycles. The van der Waals surface area contributed by atoms with Gasteiger partial charge in [-0.3, -0.25) is 9.59 Å². The van der Waals surface area contributed by atoms with Gasteiger partial charge in [0, 0.05) is 19.6 Å². The molecule has 1 aliphatic rings. The van der Waals surface area contributed by atoms with Crippen molar-refractivity contribution in [3.8, 4) is 0 Å². The van der Waals surface area contributed by atoms with Gasteiger partial charge in [-0.2, -0.15) is 0 Å². The molecule has 12 heavy (non-hydrogen) atoms. The summed E-state index contributed by atoms with van der Waals surface area (Å²) in [5.74, 6) is -1.02. The van der Waals surface area contributed by atoms with Crippen molar-refractivity contribution in [1.29, 1.82) is 0 Å². The summed E-state index contributed by atoms with van der Waals surface area (Å²) in [7, 11) is 0. The fourth-order valence-electron chi connectivity index (χ4n) is 0.987. The summed E-state index contributed by atoms with van der Waals surface area (Å²) in [4.78, 5) is 23.3. The maximum Gasteiger partial charge on any atom is 0.312 e. The Morgan fingerprint density at radius 2 is 2.33 bits per heavy atom. The predicted octanol–water partition coefficient (Wildman–Crippen LogP) is -1.58. The van der Waals surface area contributed by atoms with Gasteiger partial charge in [-0.15, -0.1) is 0 Å². The highest BCUT2D eigenvalue weighted by molar-refractivity contribution is 6.35. The molecule has 1 aliphatic heterocycles. The normalized spacial score (nSPS) is 18.5. The second kappa shape index (κ2) is 3.75. The fourth-order valence-corrected chi connectivity index (χ4v) is 0.987. The van der Waals surface area contributed by atoms with E-state index in [0.717, 1.165) is 0 Å². The molecule has 0 atom stereocenters. The molecule has 3 N–H and O–H groups in total. The summed E-state index contributed by atoms with van der Waals surface area (Å²) in [5, 5.41) is 2.45. The molecule has 1 rings (SSSR count). The summed E-state index contributed by atoms with van der Waals surface area (Å²) >= 11 is 0. The molecule has 2 amide bonds. The molecular weight excluding hydrogens is 158 g/mol. The van der Waals surface area contributed by atoms with Crippen molar-refractivity contribution in [1.82, 2.24) is 10.2 Å². The van der Waals surface area contributed by atoms with Crippen LogP contribution in [-0.4, -0.2) is 36.3 Å². The monoisotopic (exact) mass is 169 g/mol. The molecule has 0 aromatic rings. The van der Waals surface area contributed by atoms with E-state index in [0.29, 0.717) is 19.6 Å². The second-order valence-corrected chi connectivity index (χ2v) is 2.44. The highest BCUT2D eigenvalue weighted by atomic mass is 16.2. The molecule has 0 aromatic heterocycles. The van der Waals surface area contributed by atoms with Crippen LogP contribution in [-0.2, 0) is 9.59 Å². The van der Waals surface area contributed by atoms with Crippen LogP contribution in [0.1, 0.15) is 0 Å². The van der Waals surface area contributed by atoms with E-state index in [4.69, 9.17) is 5.73 Å². The van der Waals surface area contributed by atoms with E-state index < -0.39 is 11.8 Å². The first kappa shape index (κ1) is 8.58. The van der Waals surface area contributed by atoms with Crippen molar-refractivity contribution in [3.05, 3.63) is 12.3 Å². The molecule has 0 saturated carbocycles. The Morgan fingerprint density at radius 1 is 1.58 bits per heavy atom. The van der Waals surface area contributed by atoms with Crippen molar-refractivity contribution < 1.29 is 9.59 Å². The number of carbonyl (C=O) groups is 2. The Labute approximate surface area is 70.2 Å². The van der Waals surface area contributed by atoms with Crippen molar-refractivity contribution in [2.24, 2.45) is 5.73 Å². The lowest BCUT2D eigenvalue weighted by Crippen LogP contribution is -2.52. The molecule has 0 radical (unpaired) electrons. The lowest BCUT2D eigenvalue weighted by atomic mass is 10.3. The number of hydrogen-bond acceptors (Lipinski definition) is 3. The minimum absolute atomic E-state index is 0.406. The van der Waals surface area contributed by atoms with Crippen LogP contribution < -0.4 is 11.1 Å². The number of rotatable bonds is 2. The summed E-state index contributed by atoms with van der Waals surface area (Å²) in [6.07, 6.45) is 3.00. The van der Waals surface area contributed by atoms with Crippen molar-refractivity contribution >= 4 is 11.8 Å². The number of nitrogens with one attached hydrogen (secondary N) is 1. The Morgan fingerprint density at radius 3 is 3.00 bits per heavy atom. The topological polar surface area (TPSA) is 75.4 Å². The number of hydrogen-bond donors (Lipinski definition) is 2. The average molecular weight is 169 g/mol. The highest BCUT2D eigenvalue weighted by Gasteiger charge is 2.24. The average Bonchev–Trinajstić information content (AvgIpc) is 2.08. The highest BCUT2D eigenvalue weighted by Crippen LogP contribution is 1.94. The predicted molar refractivity (Wildman–Crippen MR) is 42.9 cm³/mol. The zero-order chi connectivity index (χ0) is 8.97. The van der Waals surface area contributed by atoms with Crippen molar-refractivity contribution in [3.63, 3.8) is 0 Å². The molecule has 0 bridgehead atoms. The summed E-state index contributed by atoms with van der Waals surface area (Å²) in [5.41, 5.74) is 5.11. The smallest absolute Gasteiger partial charge is 0.312 e. The molecule has 1 fully saturated rings. The number of piperazine rings is 1. The van der Waals surface area contributed by atoms with Gasteiger partial charge < -0.3 is 16.0 Å². The Hall–Kier alpha value is -1.52. The van der Waals surface area contributed by atoms with Gasteiger partial charge in [-0.1, -0.05) is 0 Å². The van der Waals surface area contributed by atoms with Gasteiger partial charge in [0.1, 0.15) is 0 Å². The van der Waals surface area contributed by atoms with Gasteiger partial charge in [0.15, 0.2) is 0 Å². The molecule has 1 saturated heterocycles. The zero-order valence-electron chi connectivity index (χ0n) is 6.62. The lowest BCUT2D eigenvalue weighted by molar-refractivity contribution is -0.147. The van der Waals surface area contributed by atoms with Crippen LogP contribution in [0.15, 0.2) is 12.3 Å². The number of carbonyl (C=O) groups excluding carboxylic acids is 2. The van der Waals surface area contributed by atoms with E-state index in [1.54, 1.807) is 6.08 Å². The number of nitrogens with zero attached hydrogens (tertiary/aromatic N) is 1. The van der Waals surface area contributed by atoms with E-state index in [2.05, 4.69) is 5.32 Å².